The number of amides is 1. The van der Waals surface area contributed by atoms with Crippen LogP contribution in [0.15, 0.2) is 16.7 Å². The number of carbonyl (C=O) groups excluding carboxylic acids is 1. The second-order valence-corrected chi connectivity index (χ2v) is 6.09. The summed E-state index contributed by atoms with van der Waals surface area (Å²) in [6.45, 7) is 7.01. The highest BCUT2D eigenvalue weighted by molar-refractivity contribution is 9.10. The lowest BCUT2D eigenvalue weighted by molar-refractivity contribution is 0.0480. The van der Waals surface area contributed by atoms with Gasteiger partial charge in [-0.15, -0.1) is 0 Å². The third-order valence-corrected chi connectivity index (χ3v) is 2.60. The van der Waals surface area contributed by atoms with Crippen LogP contribution in [-0.2, 0) is 4.74 Å². The Hall–Kier alpha value is -1.14. The van der Waals surface area contributed by atoms with Gasteiger partial charge in [0.1, 0.15) is 10.2 Å². The van der Waals surface area contributed by atoms with Gasteiger partial charge in [-0.3, -0.25) is 0 Å². The maximum atomic E-state index is 11.7. The summed E-state index contributed by atoms with van der Waals surface area (Å²) in [6, 6.07) is 3.07. The number of nitrogens with one attached hydrogen (secondary N) is 1. The second-order valence-electron chi connectivity index (χ2n) is 5.27. The minimum atomic E-state index is -0.592. The molecular formula is C13H19BrN2O3. The fourth-order valence-corrected chi connectivity index (χ4v) is 2.06. The van der Waals surface area contributed by atoms with Crippen LogP contribution in [0, 0.1) is 6.92 Å². The number of pyridine rings is 1. The molecule has 1 unspecified atom stereocenters. The van der Waals surface area contributed by atoms with Crippen LogP contribution in [0.2, 0.25) is 0 Å². The van der Waals surface area contributed by atoms with Crippen molar-refractivity contribution >= 4 is 22.0 Å². The van der Waals surface area contributed by atoms with Crippen molar-refractivity contribution in [2.75, 3.05) is 6.61 Å². The molecule has 106 valence electrons. The summed E-state index contributed by atoms with van der Waals surface area (Å²) < 4.78 is 5.81. The number of aryl methyl sites for hydroxylation is 1. The summed E-state index contributed by atoms with van der Waals surface area (Å²) in [4.78, 5) is 15.9. The number of ether oxygens (including phenoxy) is 1. The molecule has 1 amide bonds. The van der Waals surface area contributed by atoms with E-state index >= 15 is 0 Å². The number of carbonyl (C=O) groups is 1. The van der Waals surface area contributed by atoms with Gasteiger partial charge in [-0.2, -0.15) is 0 Å². The lowest BCUT2D eigenvalue weighted by Gasteiger charge is -2.22. The van der Waals surface area contributed by atoms with Gasteiger partial charge >= 0.3 is 6.09 Å². The lowest BCUT2D eigenvalue weighted by atomic mass is 10.1. The fourth-order valence-electron chi connectivity index (χ4n) is 1.49. The van der Waals surface area contributed by atoms with Crippen LogP contribution in [0.1, 0.15) is 38.1 Å². The molecular weight excluding hydrogens is 312 g/mol. The largest absolute Gasteiger partial charge is 0.444 e. The Morgan fingerprint density at radius 2 is 2.16 bits per heavy atom. The molecule has 1 aromatic heterocycles. The molecule has 0 fully saturated rings. The lowest BCUT2D eigenvalue weighted by Crippen LogP contribution is -2.36. The standard InChI is InChI=1S/C13H19BrN2O3/c1-8-5-9(15-11(14)6-8)10(7-17)16-12(18)19-13(2,3)4/h5-6,10,17H,7H2,1-4H3,(H,16,18). The smallest absolute Gasteiger partial charge is 0.408 e. The molecule has 0 aliphatic rings. The van der Waals surface area contributed by atoms with Crippen LogP contribution in [0.5, 0.6) is 0 Å². The first-order chi connectivity index (χ1) is 8.71. The van der Waals surface area contributed by atoms with E-state index in [-0.39, 0.29) is 6.61 Å². The van der Waals surface area contributed by atoms with Gasteiger partial charge in [0.25, 0.3) is 0 Å². The minimum absolute atomic E-state index is 0.248. The Labute approximate surface area is 121 Å². The first-order valence-electron chi connectivity index (χ1n) is 5.96. The maximum Gasteiger partial charge on any atom is 0.408 e. The number of halogens is 1. The van der Waals surface area contributed by atoms with Crippen LogP contribution in [-0.4, -0.2) is 28.4 Å². The molecule has 0 radical (unpaired) electrons. The highest BCUT2D eigenvalue weighted by atomic mass is 79.9. The monoisotopic (exact) mass is 330 g/mol. The van der Waals surface area contributed by atoms with Crippen molar-refractivity contribution in [3.8, 4) is 0 Å². The van der Waals surface area contributed by atoms with Gasteiger partial charge < -0.3 is 15.2 Å². The van der Waals surface area contributed by atoms with E-state index in [1.54, 1.807) is 20.8 Å². The summed E-state index contributed by atoms with van der Waals surface area (Å²) in [7, 11) is 0. The molecule has 1 heterocycles. The average molecular weight is 331 g/mol. The van der Waals surface area contributed by atoms with E-state index in [1.165, 1.54) is 0 Å². The van der Waals surface area contributed by atoms with Gasteiger partial charge in [0, 0.05) is 0 Å². The Morgan fingerprint density at radius 3 is 2.63 bits per heavy atom. The van der Waals surface area contributed by atoms with Gasteiger partial charge in [-0.1, -0.05) is 0 Å². The van der Waals surface area contributed by atoms with Crippen LogP contribution < -0.4 is 5.32 Å². The van der Waals surface area contributed by atoms with Crippen molar-refractivity contribution in [1.82, 2.24) is 10.3 Å². The van der Waals surface area contributed by atoms with Gasteiger partial charge in [0.15, 0.2) is 0 Å². The number of aromatic nitrogens is 1. The quantitative estimate of drug-likeness (QED) is 0.836. The summed E-state index contributed by atoms with van der Waals surface area (Å²) in [6.07, 6.45) is -0.578. The van der Waals surface area contributed by atoms with Gasteiger partial charge in [0.2, 0.25) is 0 Å². The van der Waals surface area contributed by atoms with E-state index in [9.17, 15) is 9.90 Å². The predicted octanol–water partition coefficient (Wildman–Crippen LogP) is 2.71. The molecule has 0 aliphatic heterocycles. The Morgan fingerprint density at radius 1 is 1.53 bits per heavy atom. The summed E-state index contributed by atoms with van der Waals surface area (Å²) in [5.41, 5.74) is 0.992. The van der Waals surface area contributed by atoms with Crippen molar-refractivity contribution in [1.29, 1.82) is 0 Å². The average Bonchev–Trinajstić information content (AvgIpc) is 2.21. The van der Waals surface area contributed by atoms with Crippen molar-refractivity contribution in [3.05, 3.63) is 28.0 Å². The van der Waals surface area contributed by atoms with Crippen LogP contribution in [0.25, 0.3) is 0 Å². The number of hydrogen-bond donors (Lipinski definition) is 2. The number of nitrogens with zero attached hydrogens (tertiary/aromatic N) is 1. The maximum absolute atomic E-state index is 11.7. The van der Waals surface area contributed by atoms with Crippen LogP contribution >= 0.6 is 15.9 Å². The molecule has 0 aliphatic carbocycles. The summed E-state index contributed by atoms with van der Waals surface area (Å²) >= 11 is 3.29. The zero-order chi connectivity index (χ0) is 14.6. The van der Waals surface area contributed by atoms with Crippen LogP contribution in [0.4, 0.5) is 4.79 Å². The van der Waals surface area contributed by atoms with E-state index < -0.39 is 17.7 Å². The summed E-state index contributed by atoms with van der Waals surface area (Å²) in [5.74, 6) is 0. The van der Waals surface area contributed by atoms with E-state index in [1.807, 2.05) is 19.1 Å². The topological polar surface area (TPSA) is 71.5 Å². The third-order valence-electron chi connectivity index (χ3n) is 2.19. The fraction of sp³-hybridized carbons (Fsp3) is 0.538. The first-order valence-corrected chi connectivity index (χ1v) is 6.75. The number of aliphatic hydroxyl groups excluding tert-OH is 1. The normalized spacial score (nSPS) is 12.9. The molecule has 0 saturated carbocycles. The molecule has 1 rings (SSSR count). The van der Waals surface area contributed by atoms with Gasteiger partial charge in [0.05, 0.1) is 18.3 Å². The molecule has 0 aromatic carbocycles. The molecule has 0 spiro atoms. The Balaban J connectivity index is 2.81. The summed E-state index contributed by atoms with van der Waals surface area (Å²) in [5, 5.41) is 12.0. The van der Waals surface area contributed by atoms with E-state index in [0.717, 1.165) is 5.56 Å². The molecule has 19 heavy (non-hydrogen) atoms. The zero-order valence-corrected chi connectivity index (χ0v) is 13.1. The number of hydrogen-bond acceptors (Lipinski definition) is 4. The van der Waals surface area contributed by atoms with Gasteiger partial charge in [-0.25, -0.2) is 9.78 Å². The SMILES string of the molecule is Cc1cc(Br)nc(C(CO)NC(=O)OC(C)(C)C)c1. The number of aliphatic hydroxyl groups is 1. The highest BCUT2D eigenvalue weighted by Crippen LogP contribution is 2.17. The van der Waals surface area contributed by atoms with E-state index in [0.29, 0.717) is 10.3 Å². The third kappa shape index (κ3) is 5.57. The molecule has 1 atom stereocenters. The second kappa shape index (κ2) is 6.34. The zero-order valence-electron chi connectivity index (χ0n) is 11.5. The van der Waals surface area contributed by atoms with E-state index in [2.05, 4.69) is 26.2 Å². The Kier molecular flexibility index (Phi) is 5.31. The molecule has 2 N–H and O–H groups in total. The first kappa shape index (κ1) is 15.9. The van der Waals surface area contributed by atoms with Crippen molar-refractivity contribution in [2.45, 2.75) is 39.3 Å². The van der Waals surface area contributed by atoms with Gasteiger partial charge in [-0.05, 0) is 61.3 Å². The minimum Gasteiger partial charge on any atom is -0.444 e. The molecule has 0 bridgehead atoms. The van der Waals surface area contributed by atoms with Crippen LogP contribution in [0.3, 0.4) is 0 Å². The Bertz CT molecular complexity index is 437. The molecule has 5 nitrogen and oxygen atoms in total. The number of rotatable bonds is 3. The molecule has 6 heteroatoms. The van der Waals surface area contributed by atoms with Crippen molar-refractivity contribution < 1.29 is 14.6 Å². The molecule has 0 saturated heterocycles. The highest BCUT2D eigenvalue weighted by Gasteiger charge is 2.21. The van der Waals surface area contributed by atoms with Crippen molar-refractivity contribution in [3.63, 3.8) is 0 Å². The van der Waals surface area contributed by atoms with E-state index in [4.69, 9.17) is 4.74 Å². The number of alkyl carbamates (subject to hydrolysis) is 1. The predicted molar refractivity (Wildman–Crippen MR) is 75.9 cm³/mol. The molecule has 1 aromatic rings. The van der Waals surface area contributed by atoms with Crippen molar-refractivity contribution in [2.24, 2.45) is 0 Å².